The normalized spacial score (nSPS) is 11.2. The average molecular weight is 267 g/mol. The van der Waals surface area contributed by atoms with Gasteiger partial charge >= 0.3 is 0 Å². The molecule has 102 valence electrons. The summed E-state index contributed by atoms with van der Waals surface area (Å²) in [6, 6.07) is 10.3. The van der Waals surface area contributed by atoms with Crippen molar-refractivity contribution in [1.82, 2.24) is 15.0 Å². The number of hydrogen-bond donors (Lipinski definition) is 2. The van der Waals surface area contributed by atoms with Crippen LogP contribution in [0, 0.1) is 6.92 Å². The Hall–Kier alpha value is -2.17. The number of pyridine rings is 1. The molecule has 1 aromatic carbocycles. The summed E-state index contributed by atoms with van der Waals surface area (Å²) >= 11 is 0. The van der Waals surface area contributed by atoms with E-state index in [1.807, 2.05) is 18.3 Å². The van der Waals surface area contributed by atoms with Crippen LogP contribution in [0.3, 0.4) is 0 Å². The zero-order valence-corrected chi connectivity index (χ0v) is 11.6. The van der Waals surface area contributed by atoms with Gasteiger partial charge in [-0.3, -0.25) is 4.98 Å². The third-order valence-electron chi connectivity index (χ3n) is 3.74. The van der Waals surface area contributed by atoms with Gasteiger partial charge in [-0.05, 0) is 42.3 Å². The summed E-state index contributed by atoms with van der Waals surface area (Å²) in [5.74, 6) is 0. The van der Waals surface area contributed by atoms with Crippen molar-refractivity contribution in [1.29, 1.82) is 0 Å². The lowest BCUT2D eigenvalue weighted by Gasteiger charge is -2.05. The molecule has 0 fully saturated rings. The van der Waals surface area contributed by atoms with E-state index in [4.69, 9.17) is 5.21 Å². The average Bonchev–Trinajstić information content (AvgIpc) is 2.72. The van der Waals surface area contributed by atoms with Crippen LogP contribution < -0.4 is 5.48 Å². The topological polar surface area (TPSA) is 50.1 Å². The molecular formula is C16H17N3O. The summed E-state index contributed by atoms with van der Waals surface area (Å²) in [6.07, 6.45) is 3.67. The van der Waals surface area contributed by atoms with Gasteiger partial charge in [0.1, 0.15) is 0 Å². The van der Waals surface area contributed by atoms with E-state index >= 15 is 0 Å². The Morgan fingerprint density at radius 3 is 2.85 bits per heavy atom. The van der Waals surface area contributed by atoms with Crippen LogP contribution in [0.25, 0.3) is 22.2 Å². The first-order valence-electron chi connectivity index (χ1n) is 6.57. The fourth-order valence-electron chi connectivity index (χ4n) is 2.79. The van der Waals surface area contributed by atoms with Gasteiger partial charge in [-0.1, -0.05) is 6.07 Å². The van der Waals surface area contributed by atoms with Crippen LogP contribution in [-0.2, 0) is 13.6 Å². The number of hydroxylamine groups is 1. The van der Waals surface area contributed by atoms with Gasteiger partial charge in [-0.15, -0.1) is 0 Å². The van der Waals surface area contributed by atoms with Crippen LogP contribution in [0.2, 0.25) is 0 Å². The molecule has 0 aliphatic carbocycles. The molecule has 3 aromatic rings. The fraction of sp³-hybridized carbons (Fsp3) is 0.188. The summed E-state index contributed by atoms with van der Waals surface area (Å²) in [7, 11) is 2.07. The monoisotopic (exact) mass is 267 g/mol. The summed E-state index contributed by atoms with van der Waals surface area (Å²) in [5, 5.41) is 10.0. The number of aryl methyl sites for hydroxylation is 2. The van der Waals surface area contributed by atoms with Crippen molar-refractivity contribution in [2.24, 2.45) is 7.05 Å². The standard InChI is InChI=1S/C16H17N3O/c1-11-14-8-12(9-18-20)5-6-15(14)19(2)16(11)13-4-3-7-17-10-13/h3-8,10,18,20H,9H2,1-2H3. The van der Waals surface area contributed by atoms with E-state index in [2.05, 4.69) is 47.2 Å². The fourth-order valence-corrected chi connectivity index (χ4v) is 2.79. The first-order valence-corrected chi connectivity index (χ1v) is 6.57. The van der Waals surface area contributed by atoms with Gasteiger partial charge in [0.2, 0.25) is 0 Å². The highest BCUT2D eigenvalue weighted by Crippen LogP contribution is 2.32. The third-order valence-corrected chi connectivity index (χ3v) is 3.74. The SMILES string of the molecule is Cc1c(-c2cccnc2)n(C)c2ccc(CNO)cc12. The maximum Gasteiger partial charge on any atom is 0.0533 e. The van der Waals surface area contributed by atoms with Gasteiger partial charge in [0, 0.05) is 42.5 Å². The molecule has 0 unspecified atom stereocenters. The Labute approximate surface area is 117 Å². The van der Waals surface area contributed by atoms with E-state index in [9.17, 15) is 0 Å². The number of hydrogen-bond acceptors (Lipinski definition) is 3. The summed E-state index contributed by atoms with van der Waals surface area (Å²) in [4.78, 5) is 4.20. The highest BCUT2D eigenvalue weighted by molar-refractivity contribution is 5.91. The zero-order chi connectivity index (χ0) is 14.1. The lowest BCUT2D eigenvalue weighted by atomic mass is 10.1. The van der Waals surface area contributed by atoms with E-state index < -0.39 is 0 Å². The first-order chi connectivity index (χ1) is 9.72. The number of nitrogens with one attached hydrogen (secondary N) is 1. The molecule has 2 N–H and O–H groups in total. The molecule has 2 aromatic heterocycles. The molecule has 0 atom stereocenters. The van der Waals surface area contributed by atoms with Crippen molar-refractivity contribution in [2.75, 3.05) is 0 Å². The molecule has 4 nitrogen and oxygen atoms in total. The van der Waals surface area contributed by atoms with Crippen molar-refractivity contribution >= 4 is 10.9 Å². The van der Waals surface area contributed by atoms with Crippen LogP contribution in [0.5, 0.6) is 0 Å². The van der Waals surface area contributed by atoms with Gasteiger partial charge in [-0.2, -0.15) is 0 Å². The molecule has 0 aliphatic heterocycles. The molecule has 0 saturated carbocycles. The Morgan fingerprint density at radius 1 is 1.30 bits per heavy atom. The molecular weight excluding hydrogens is 250 g/mol. The quantitative estimate of drug-likeness (QED) is 0.717. The van der Waals surface area contributed by atoms with Gasteiger partial charge in [0.25, 0.3) is 0 Å². The maximum absolute atomic E-state index is 8.84. The lowest BCUT2D eigenvalue weighted by molar-refractivity contribution is 0.161. The highest BCUT2D eigenvalue weighted by Gasteiger charge is 2.13. The van der Waals surface area contributed by atoms with Gasteiger partial charge in [-0.25, -0.2) is 5.48 Å². The second-order valence-electron chi connectivity index (χ2n) is 4.96. The molecule has 2 heterocycles. The Bertz CT molecular complexity index is 747. The first kappa shape index (κ1) is 12.8. The van der Waals surface area contributed by atoms with Crippen molar-refractivity contribution in [3.8, 4) is 11.3 Å². The maximum atomic E-state index is 8.84. The smallest absolute Gasteiger partial charge is 0.0533 e. The minimum Gasteiger partial charge on any atom is -0.343 e. The van der Waals surface area contributed by atoms with E-state index in [-0.39, 0.29) is 0 Å². The third kappa shape index (κ3) is 1.99. The number of aromatic nitrogens is 2. The van der Waals surface area contributed by atoms with Crippen LogP contribution in [-0.4, -0.2) is 14.8 Å². The summed E-state index contributed by atoms with van der Waals surface area (Å²) in [5.41, 5.74) is 7.98. The van der Waals surface area contributed by atoms with E-state index in [1.54, 1.807) is 6.20 Å². The molecule has 0 amide bonds. The van der Waals surface area contributed by atoms with E-state index in [0.29, 0.717) is 6.54 Å². The largest absolute Gasteiger partial charge is 0.343 e. The minimum atomic E-state index is 0.451. The van der Waals surface area contributed by atoms with Gasteiger partial charge in [0.05, 0.1) is 5.69 Å². The molecule has 0 aliphatic rings. The molecule has 0 saturated heterocycles. The van der Waals surface area contributed by atoms with E-state index in [1.165, 1.54) is 22.2 Å². The Kier molecular flexibility index (Phi) is 3.26. The predicted octanol–water partition coefficient (Wildman–Crippen LogP) is 3.03. The van der Waals surface area contributed by atoms with Crippen LogP contribution in [0.1, 0.15) is 11.1 Å². The summed E-state index contributed by atoms with van der Waals surface area (Å²) < 4.78 is 2.19. The van der Waals surface area contributed by atoms with Crippen molar-refractivity contribution in [3.63, 3.8) is 0 Å². The lowest BCUT2D eigenvalue weighted by Crippen LogP contribution is -2.05. The molecule has 0 spiro atoms. The van der Waals surface area contributed by atoms with Gasteiger partial charge < -0.3 is 9.77 Å². The van der Waals surface area contributed by atoms with E-state index in [0.717, 1.165) is 11.1 Å². The molecule has 0 bridgehead atoms. The number of fused-ring (bicyclic) bond motifs is 1. The van der Waals surface area contributed by atoms with Crippen molar-refractivity contribution < 1.29 is 5.21 Å². The Morgan fingerprint density at radius 2 is 2.15 bits per heavy atom. The molecule has 20 heavy (non-hydrogen) atoms. The van der Waals surface area contributed by atoms with Crippen LogP contribution in [0.4, 0.5) is 0 Å². The second-order valence-corrected chi connectivity index (χ2v) is 4.96. The van der Waals surface area contributed by atoms with Crippen LogP contribution in [0.15, 0.2) is 42.7 Å². The molecule has 3 rings (SSSR count). The predicted molar refractivity (Wildman–Crippen MR) is 79.5 cm³/mol. The summed E-state index contributed by atoms with van der Waals surface area (Å²) in [6.45, 7) is 2.58. The van der Waals surface area contributed by atoms with Crippen LogP contribution >= 0.6 is 0 Å². The number of rotatable bonds is 3. The zero-order valence-electron chi connectivity index (χ0n) is 11.6. The second kappa shape index (κ2) is 5.07. The van der Waals surface area contributed by atoms with Gasteiger partial charge in [0.15, 0.2) is 0 Å². The molecule has 0 radical (unpaired) electrons. The molecule has 4 heteroatoms. The highest BCUT2D eigenvalue weighted by atomic mass is 16.5. The Balaban J connectivity index is 2.24. The number of benzene rings is 1. The van der Waals surface area contributed by atoms with Crippen molar-refractivity contribution in [2.45, 2.75) is 13.5 Å². The van der Waals surface area contributed by atoms with Crippen molar-refractivity contribution in [3.05, 3.63) is 53.9 Å². The minimum absolute atomic E-state index is 0.451. The number of nitrogens with zero attached hydrogens (tertiary/aromatic N) is 2.